The molecule has 0 amide bonds. The number of carbonyl (C=O) groups is 1. The van der Waals surface area contributed by atoms with Gasteiger partial charge in [0.05, 0.1) is 3.92 Å². The number of halogens is 2. The van der Waals surface area contributed by atoms with Crippen molar-refractivity contribution >= 4 is 28.4 Å². The molecule has 0 aromatic carbocycles. The highest BCUT2D eigenvalue weighted by Crippen LogP contribution is 2.23. The average molecular weight is 266 g/mol. The molecule has 0 saturated heterocycles. The Kier molecular flexibility index (Phi) is 2.81. The molecule has 0 spiro atoms. The van der Waals surface area contributed by atoms with Gasteiger partial charge in [-0.25, -0.2) is 4.39 Å². The van der Waals surface area contributed by atoms with E-state index in [9.17, 15) is 9.18 Å². The van der Waals surface area contributed by atoms with Crippen LogP contribution in [0.15, 0.2) is 23.8 Å². The molecule has 0 bridgehead atoms. The minimum Gasteiger partial charge on any atom is -0.295 e. The highest BCUT2D eigenvalue weighted by molar-refractivity contribution is 14.1. The summed E-state index contributed by atoms with van der Waals surface area (Å²) in [6.45, 7) is 1.39. The molecule has 1 nitrogen and oxygen atoms in total. The van der Waals surface area contributed by atoms with Crippen LogP contribution in [0, 0.1) is 0 Å². The second-order valence-corrected chi connectivity index (χ2v) is 3.85. The maximum absolute atomic E-state index is 13.1. The minimum atomic E-state index is -1.13. The largest absolute Gasteiger partial charge is 0.295 e. The van der Waals surface area contributed by atoms with Crippen LogP contribution >= 0.6 is 22.6 Å². The predicted molar refractivity (Wildman–Crippen MR) is 50.6 cm³/mol. The maximum Gasteiger partial charge on any atom is 0.158 e. The Morgan fingerprint density at radius 2 is 2.36 bits per heavy atom. The molecule has 0 N–H and O–H groups in total. The second kappa shape index (κ2) is 3.47. The summed E-state index contributed by atoms with van der Waals surface area (Å²) in [6, 6.07) is 0. The molecule has 2 atom stereocenters. The monoisotopic (exact) mass is 266 g/mol. The molecule has 0 saturated carbocycles. The zero-order valence-electron chi connectivity index (χ0n) is 6.05. The average Bonchev–Trinajstić information content (AvgIpc) is 1.94. The van der Waals surface area contributed by atoms with E-state index in [0.29, 0.717) is 0 Å². The lowest BCUT2D eigenvalue weighted by Crippen LogP contribution is -2.22. The quantitative estimate of drug-likeness (QED) is 0.525. The van der Waals surface area contributed by atoms with Crippen molar-refractivity contribution in [2.45, 2.75) is 17.0 Å². The normalized spacial score (nSPS) is 29.9. The Morgan fingerprint density at radius 1 is 1.73 bits per heavy atom. The molecule has 2 unspecified atom stereocenters. The molecule has 0 fully saturated rings. The van der Waals surface area contributed by atoms with E-state index in [-0.39, 0.29) is 15.3 Å². The molecular formula is C8H8FIO. The van der Waals surface area contributed by atoms with Crippen LogP contribution < -0.4 is 0 Å². The van der Waals surface area contributed by atoms with Crippen molar-refractivity contribution in [2.75, 3.05) is 0 Å². The van der Waals surface area contributed by atoms with E-state index in [1.807, 2.05) is 22.6 Å². The standard InChI is InChI=1S/C8H8FIO/c1-5(11)6-3-2-4-7(10)8(6)9/h2-4,7-8H,1H3. The molecule has 1 aliphatic carbocycles. The van der Waals surface area contributed by atoms with E-state index < -0.39 is 6.17 Å². The van der Waals surface area contributed by atoms with Crippen LogP contribution in [0.2, 0.25) is 0 Å². The van der Waals surface area contributed by atoms with Gasteiger partial charge >= 0.3 is 0 Å². The summed E-state index contributed by atoms with van der Waals surface area (Å²) >= 11 is 1.98. The van der Waals surface area contributed by atoms with Crippen LogP contribution in [0.25, 0.3) is 0 Å². The van der Waals surface area contributed by atoms with Crippen molar-refractivity contribution in [1.82, 2.24) is 0 Å². The van der Waals surface area contributed by atoms with Crippen molar-refractivity contribution in [2.24, 2.45) is 0 Å². The van der Waals surface area contributed by atoms with Crippen molar-refractivity contribution in [1.29, 1.82) is 0 Å². The zero-order valence-corrected chi connectivity index (χ0v) is 8.21. The van der Waals surface area contributed by atoms with Gasteiger partial charge in [0.15, 0.2) is 5.78 Å². The number of Topliss-reactive ketones (excluding diaryl/α,β-unsaturated/α-hetero) is 1. The summed E-state index contributed by atoms with van der Waals surface area (Å²) in [5.41, 5.74) is 0.284. The van der Waals surface area contributed by atoms with Gasteiger partial charge in [-0.1, -0.05) is 40.8 Å². The summed E-state index contributed by atoms with van der Waals surface area (Å²) in [5.74, 6) is -0.177. The van der Waals surface area contributed by atoms with Gasteiger partial charge in [-0.15, -0.1) is 0 Å². The highest BCUT2D eigenvalue weighted by atomic mass is 127. The number of hydrogen-bond acceptors (Lipinski definition) is 1. The summed E-state index contributed by atoms with van der Waals surface area (Å²) in [4.78, 5) is 10.8. The van der Waals surface area contributed by atoms with Crippen LogP contribution in [-0.4, -0.2) is 15.9 Å². The maximum atomic E-state index is 13.1. The SMILES string of the molecule is CC(=O)C1=CC=CC(I)C1F. The first-order chi connectivity index (χ1) is 5.13. The van der Waals surface area contributed by atoms with Gasteiger partial charge in [-0.3, -0.25) is 4.79 Å². The lowest BCUT2D eigenvalue weighted by atomic mass is 10.0. The van der Waals surface area contributed by atoms with Gasteiger partial charge < -0.3 is 0 Å². The molecule has 1 rings (SSSR count). The van der Waals surface area contributed by atoms with E-state index in [1.165, 1.54) is 6.92 Å². The van der Waals surface area contributed by atoms with Crippen molar-refractivity contribution < 1.29 is 9.18 Å². The first-order valence-electron chi connectivity index (χ1n) is 3.30. The molecule has 60 valence electrons. The second-order valence-electron chi connectivity index (χ2n) is 2.41. The number of alkyl halides is 2. The fourth-order valence-electron chi connectivity index (χ4n) is 0.938. The van der Waals surface area contributed by atoms with Crippen LogP contribution in [0.1, 0.15) is 6.92 Å². The summed E-state index contributed by atoms with van der Waals surface area (Å²) in [6.07, 6.45) is 3.89. The molecule has 0 radical (unpaired) electrons. The van der Waals surface area contributed by atoms with Gasteiger partial charge in [0.1, 0.15) is 6.17 Å². The molecule has 0 heterocycles. The smallest absolute Gasteiger partial charge is 0.158 e. The molecular weight excluding hydrogens is 258 g/mol. The Balaban J connectivity index is 2.87. The van der Waals surface area contributed by atoms with Crippen LogP contribution in [-0.2, 0) is 4.79 Å². The van der Waals surface area contributed by atoms with E-state index in [4.69, 9.17) is 0 Å². The number of rotatable bonds is 1. The molecule has 0 aromatic heterocycles. The number of ketones is 1. The third-order valence-corrected chi connectivity index (χ3v) is 2.60. The summed E-state index contributed by atoms with van der Waals surface area (Å²) in [7, 11) is 0. The van der Waals surface area contributed by atoms with Crippen molar-refractivity contribution in [3.8, 4) is 0 Å². The molecule has 11 heavy (non-hydrogen) atoms. The van der Waals surface area contributed by atoms with Gasteiger partial charge in [-0.2, -0.15) is 0 Å². The van der Waals surface area contributed by atoms with Crippen molar-refractivity contribution in [3.05, 3.63) is 23.8 Å². The molecule has 1 aliphatic rings. The third kappa shape index (κ3) is 1.89. The first-order valence-corrected chi connectivity index (χ1v) is 4.55. The zero-order chi connectivity index (χ0) is 8.43. The minimum absolute atomic E-state index is 0.177. The topological polar surface area (TPSA) is 17.1 Å². The van der Waals surface area contributed by atoms with Gasteiger partial charge in [0, 0.05) is 5.57 Å². The third-order valence-electron chi connectivity index (χ3n) is 1.55. The first kappa shape index (κ1) is 8.90. The lowest BCUT2D eigenvalue weighted by Gasteiger charge is -2.16. The molecule has 3 heteroatoms. The fraction of sp³-hybridized carbons (Fsp3) is 0.375. The molecule has 0 aromatic rings. The number of allylic oxidation sites excluding steroid dienone is 4. The van der Waals surface area contributed by atoms with Crippen LogP contribution in [0.4, 0.5) is 4.39 Å². The number of hydrogen-bond donors (Lipinski definition) is 0. The summed E-state index contributed by atoms with van der Waals surface area (Å²) < 4.78 is 12.9. The van der Waals surface area contributed by atoms with E-state index in [1.54, 1.807) is 18.2 Å². The van der Waals surface area contributed by atoms with Gasteiger partial charge in [0.2, 0.25) is 0 Å². The lowest BCUT2D eigenvalue weighted by molar-refractivity contribution is -0.114. The van der Waals surface area contributed by atoms with Gasteiger partial charge in [-0.05, 0) is 6.92 Å². The molecule has 0 aliphatic heterocycles. The van der Waals surface area contributed by atoms with E-state index in [2.05, 4.69) is 0 Å². The van der Waals surface area contributed by atoms with Crippen LogP contribution in [0.3, 0.4) is 0 Å². The predicted octanol–water partition coefficient (Wildman–Crippen LogP) is 2.21. The Hall–Kier alpha value is -0.190. The Labute approximate surface area is 78.5 Å². The highest BCUT2D eigenvalue weighted by Gasteiger charge is 2.24. The number of carbonyl (C=O) groups excluding carboxylic acids is 1. The van der Waals surface area contributed by atoms with Crippen LogP contribution in [0.5, 0.6) is 0 Å². The van der Waals surface area contributed by atoms with E-state index >= 15 is 0 Å². The van der Waals surface area contributed by atoms with Gasteiger partial charge in [0.25, 0.3) is 0 Å². The Morgan fingerprint density at radius 3 is 2.82 bits per heavy atom. The summed E-state index contributed by atoms with van der Waals surface area (Å²) in [5, 5.41) is 0. The Bertz CT molecular complexity index is 232. The van der Waals surface area contributed by atoms with E-state index in [0.717, 1.165) is 0 Å². The fourth-order valence-corrected chi connectivity index (χ4v) is 1.57. The van der Waals surface area contributed by atoms with Crippen molar-refractivity contribution in [3.63, 3.8) is 0 Å².